The molecule has 4 nitrogen and oxygen atoms in total. The summed E-state index contributed by atoms with van der Waals surface area (Å²) in [6.45, 7) is 3.83. The molecule has 0 heterocycles. The molecular formula is C16H10N2O2. The molecule has 0 unspecified atom stereocenters. The lowest BCUT2D eigenvalue weighted by Gasteiger charge is -2.29. The molecule has 20 heavy (non-hydrogen) atoms. The summed E-state index contributed by atoms with van der Waals surface area (Å²) >= 11 is 0. The predicted molar refractivity (Wildman–Crippen MR) is 75.9 cm³/mol. The Kier molecular flexibility index (Phi) is 2.69. The Morgan fingerprint density at radius 2 is 1.35 bits per heavy atom. The highest BCUT2D eigenvalue weighted by molar-refractivity contribution is 6.11. The first-order valence-electron chi connectivity index (χ1n) is 6.13. The highest BCUT2D eigenvalue weighted by Crippen LogP contribution is 2.57. The summed E-state index contributed by atoms with van der Waals surface area (Å²) in [5, 5.41) is 0. The van der Waals surface area contributed by atoms with Crippen LogP contribution in [0.25, 0.3) is 22.3 Å². The molecule has 0 N–H and O–H groups in total. The summed E-state index contributed by atoms with van der Waals surface area (Å²) in [5.41, 5.74) is 6.74. The molecule has 2 aromatic carbocycles. The molecule has 0 spiro atoms. The van der Waals surface area contributed by atoms with Gasteiger partial charge in [0, 0.05) is 5.56 Å². The van der Waals surface area contributed by atoms with Gasteiger partial charge in [0.15, 0.2) is 0 Å². The zero-order valence-corrected chi connectivity index (χ0v) is 11.0. The average molecular weight is 262 g/mol. The van der Waals surface area contributed by atoms with Crippen molar-refractivity contribution < 1.29 is 9.59 Å². The summed E-state index contributed by atoms with van der Waals surface area (Å²) in [6.07, 6.45) is 3.08. The summed E-state index contributed by atoms with van der Waals surface area (Å²) in [7, 11) is 0. The van der Waals surface area contributed by atoms with E-state index in [1.165, 1.54) is 6.08 Å². The van der Waals surface area contributed by atoms with Gasteiger partial charge in [-0.25, -0.2) is 9.59 Å². The van der Waals surface area contributed by atoms with Crippen molar-refractivity contribution in [2.45, 2.75) is 13.8 Å². The van der Waals surface area contributed by atoms with E-state index in [4.69, 9.17) is 0 Å². The first-order chi connectivity index (χ1) is 9.70. The van der Waals surface area contributed by atoms with Gasteiger partial charge in [-0.2, -0.15) is 9.98 Å². The first kappa shape index (κ1) is 12.2. The molecule has 0 aromatic heterocycles. The van der Waals surface area contributed by atoms with E-state index in [0.29, 0.717) is 11.4 Å². The number of benzene rings is 2. The fraction of sp³-hybridized carbons (Fsp3) is 0.125. The Balaban J connectivity index is 2.46. The highest BCUT2D eigenvalue weighted by atomic mass is 16.1. The third-order valence-electron chi connectivity index (χ3n) is 3.78. The molecule has 0 fully saturated rings. The fourth-order valence-electron chi connectivity index (χ4n) is 2.76. The number of hydrogen-bond acceptors (Lipinski definition) is 4. The van der Waals surface area contributed by atoms with Gasteiger partial charge in [-0.05, 0) is 41.7 Å². The van der Waals surface area contributed by atoms with Crippen LogP contribution < -0.4 is 0 Å². The lowest BCUT2D eigenvalue weighted by Crippen LogP contribution is -2.03. The van der Waals surface area contributed by atoms with Crippen LogP contribution in [0.1, 0.15) is 11.1 Å². The fourth-order valence-corrected chi connectivity index (χ4v) is 2.76. The van der Waals surface area contributed by atoms with Crippen LogP contribution in [0.3, 0.4) is 0 Å². The smallest absolute Gasteiger partial charge is 0.211 e. The van der Waals surface area contributed by atoms with E-state index in [9.17, 15) is 9.59 Å². The monoisotopic (exact) mass is 262 g/mol. The normalized spacial score (nSPS) is 10.5. The third-order valence-corrected chi connectivity index (χ3v) is 3.78. The van der Waals surface area contributed by atoms with Gasteiger partial charge in [0.05, 0.1) is 0 Å². The molecule has 0 amide bonds. The lowest BCUT2D eigenvalue weighted by atomic mass is 9.75. The molecule has 2 aromatic rings. The van der Waals surface area contributed by atoms with Crippen molar-refractivity contribution in [2.75, 3.05) is 0 Å². The summed E-state index contributed by atoms with van der Waals surface area (Å²) in [6, 6.07) is 7.89. The van der Waals surface area contributed by atoms with E-state index >= 15 is 0 Å². The quantitative estimate of drug-likeness (QED) is 0.519. The van der Waals surface area contributed by atoms with Crippen molar-refractivity contribution in [1.82, 2.24) is 0 Å². The molecule has 96 valence electrons. The minimum atomic E-state index is 0.397. The molecule has 1 aliphatic carbocycles. The van der Waals surface area contributed by atoms with E-state index in [1.807, 2.05) is 38.1 Å². The zero-order chi connectivity index (χ0) is 14.3. The van der Waals surface area contributed by atoms with Crippen molar-refractivity contribution in [1.29, 1.82) is 0 Å². The van der Waals surface area contributed by atoms with Crippen LogP contribution in [0.15, 0.2) is 34.3 Å². The molecule has 0 aliphatic heterocycles. The Morgan fingerprint density at radius 1 is 0.800 bits per heavy atom. The maximum Gasteiger partial charge on any atom is 0.240 e. The van der Waals surface area contributed by atoms with Crippen LogP contribution in [0.2, 0.25) is 0 Å². The first-order valence-corrected chi connectivity index (χ1v) is 6.13. The Labute approximate surface area is 115 Å². The number of aliphatic imine (C=N–C) groups is 2. The number of fused-ring (bicyclic) bond motifs is 4. The second kappa shape index (κ2) is 4.39. The van der Waals surface area contributed by atoms with Gasteiger partial charge in [0.25, 0.3) is 0 Å². The van der Waals surface area contributed by atoms with E-state index in [1.54, 1.807) is 6.08 Å². The second-order valence-electron chi connectivity index (χ2n) is 4.65. The van der Waals surface area contributed by atoms with Gasteiger partial charge in [0.2, 0.25) is 12.2 Å². The Hall–Kier alpha value is -2.80. The number of isocyanates is 2. The van der Waals surface area contributed by atoms with E-state index in [-0.39, 0.29) is 0 Å². The second-order valence-corrected chi connectivity index (χ2v) is 4.65. The molecule has 4 heteroatoms. The van der Waals surface area contributed by atoms with Gasteiger partial charge in [-0.15, -0.1) is 0 Å². The summed E-state index contributed by atoms with van der Waals surface area (Å²) in [5.74, 6) is 0. The van der Waals surface area contributed by atoms with E-state index in [2.05, 4.69) is 9.98 Å². The highest BCUT2D eigenvalue weighted by Gasteiger charge is 2.30. The number of rotatable bonds is 2. The van der Waals surface area contributed by atoms with Gasteiger partial charge in [-0.1, -0.05) is 24.3 Å². The third kappa shape index (κ3) is 1.44. The van der Waals surface area contributed by atoms with Gasteiger partial charge < -0.3 is 0 Å². The van der Waals surface area contributed by atoms with Gasteiger partial charge >= 0.3 is 0 Å². The molecule has 0 atom stereocenters. The molecule has 1 aliphatic rings. The predicted octanol–water partition coefficient (Wildman–Crippen LogP) is 3.89. The molecule has 0 saturated carbocycles. The SMILES string of the molecule is Cc1c(C)c2c(c(N=C=O)c1N=C=O)-c1ccccc1-2. The largest absolute Gasteiger partial charge is 0.240 e. The van der Waals surface area contributed by atoms with Crippen molar-refractivity contribution >= 4 is 23.5 Å². The summed E-state index contributed by atoms with van der Waals surface area (Å²) < 4.78 is 0. The number of carbonyl (C=O) groups excluding carboxylic acids is 2. The average Bonchev–Trinajstić information content (AvgIpc) is 2.43. The minimum Gasteiger partial charge on any atom is -0.211 e. The van der Waals surface area contributed by atoms with Crippen molar-refractivity contribution in [2.24, 2.45) is 9.98 Å². The van der Waals surface area contributed by atoms with Crippen LogP contribution in [-0.4, -0.2) is 12.2 Å². The summed E-state index contributed by atoms with van der Waals surface area (Å²) in [4.78, 5) is 28.8. The van der Waals surface area contributed by atoms with Crippen molar-refractivity contribution in [3.63, 3.8) is 0 Å². The van der Waals surface area contributed by atoms with Crippen LogP contribution in [-0.2, 0) is 9.59 Å². The molecule has 0 bridgehead atoms. The van der Waals surface area contributed by atoms with Crippen molar-refractivity contribution in [3.8, 4) is 22.3 Å². The Morgan fingerprint density at radius 3 is 1.95 bits per heavy atom. The molecular weight excluding hydrogens is 252 g/mol. The van der Waals surface area contributed by atoms with Crippen LogP contribution in [0.5, 0.6) is 0 Å². The molecule has 0 radical (unpaired) electrons. The maximum atomic E-state index is 10.7. The standard InChI is InChI=1S/C16H10N2O2/c1-9-10(2)15(17-7-19)16(18-8-20)14-12-6-4-3-5-11(12)13(9)14/h3-6H,1-2H3. The number of nitrogens with zero attached hydrogens (tertiary/aromatic N) is 2. The van der Waals surface area contributed by atoms with Crippen molar-refractivity contribution in [3.05, 3.63) is 35.4 Å². The lowest BCUT2D eigenvalue weighted by molar-refractivity contribution is 0.564. The van der Waals surface area contributed by atoms with Crippen LogP contribution >= 0.6 is 0 Å². The zero-order valence-electron chi connectivity index (χ0n) is 11.0. The molecule has 3 rings (SSSR count). The maximum absolute atomic E-state index is 10.7. The minimum absolute atomic E-state index is 0.397. The van der Waals surface area contributed by atoms with E-state index < -0.39 is 0 Å². The Bertz CT molecular complexity index is 840. The molecule has 0 saturated heterocycles. The van der Waals surface area contributed by atoms with E-state index in [0.717, 1.165) is 33.4 Å². The van der Waals surface area contributed by atoms with Crippen LogP contribution in [0.4, 0.5) is 11.4 Å². The van der Waals surface area contributed by atoms with Crippen LogP contribution in [0, 0.1) is 13.8 Å². The van der Waals surface area contributed by atoms with Gasteiger partial charge in [-0.3, -0.25) is 0 Å². The van der Waals surface area contributed by atoms with Gasteiger partial charge in [0.1, 0.15) is 11.4 Å². The number of hydrogen-bond donors (Lipinski definition) is 0. The topological polar surface area (TPSA) is 58.9 Å².